The van der Waals surface area contributed by atoms with Gasteiger partial charge < -0.3 is 14.6 Å². The van der Waals surface area contributed by atoms with E-state index in [0.717, 1.165) is 45.3 Å². The van der Waals surface area contributed by atoms with Crippen LogP contribution in [0.15, 0.2) is 12.1 Å². The summed E-state index contributed by atoms with van der Waals surface area (Å²) in [5.41, 5.74) is 1.93. The molecule has 1 aliphatic heterocycles. The molecule has 22 heavy (non-hydrogen) atoms. The Balaban J connectivity index is 1.57. The number of hydrogen-bond donors (Lipinski definition) is 1. The molecule has 2 aliphatic rings. The maximum atomic E-state index is 12.5. The first-order valence-corrected chi connectivity index (χ1v) is 8.62. The molecule has 0 aromatic carbocycles. The van der Waals surface area contributed by atoms with Crippen molar-refractivity contribution in [2.24, 2.45) is 5.92 Å². The Hall–Kier alpha value is -1.29. The second kappa shape index (κ2) is 6.07. The quantitative estimate of drug-likeness (QED) is 0.933. The maximum Gasteiger partial charge on any atom is 0.224 e. The molecular formula is C18H28N2O2. The van der Waals surface area contributed by atoms with Gasteiger partial charge in [-0.15, -0.1) is 0 Å². The van der Waals surface area contributed by atoms with Crippen LogP contribution in [0.25, 0.3) is 0 Å². The molecule has 1 aromatic rings. The summed E-state index contributed by atoms with van der Waals surface area (Å²) in [6.07, 6.45) is 5.62. The topological polar surface area (TPSA) is 45.5 Å². The average Bonchev–Trinajstić information content (AvgIpc) is 2.82. The van der Waals surface area contributed by atoms with Gasteiger partial charge in [0.05, 0.1) is 5.60 Å². The lowest BCUT2D eigenvalue weighted by Crippen LogP contribution is -2.54. The van der Waals surface area contributed by atoms with Crippen LogP contribution in [0.4, 0.5) is 0 Å². The van der Waals surface area contributed by atoms with Crippen LogP contribution in [-0.2, 0) is 11.3 Å². The average molecular weight is 304 g/mol. The van der Waals surface area contributed by atoms with Gasteiger partial charge in [0, 0.05) is 43.4 Å². The van der Waals surface area contributed by atoms with Gasteiger partial charge in [-0.3, -0.25) is 4.79 Å². The number of likely N-dealkylation sites (tertiary alicyclic amines) is 1. The van der Waals surface area contributed by atoms with Crippen molar-refractivity contribution in [1.82, 2.24) is 9.47 Å². The minimum atomic E-state index is -0.497. The molecule has 0 radical (unpaired) electrons. The van der Waals surface area contributed by atoms with Crippen molar-refractivity contribution in [1.29, 1.82) is 0 Å². The van der Waals surface area contributed by atoms with Crippen LogP contribution in [0.3, 0.4) is 0 Å². The van der Waals surface area contributed by atoms with Gasteiger partial charge in [0.15, 0.2) is 0 Å². The molecule has 122 valence electrons. The number of amides is 1. The van der Waals surface area contributed by atoms with Crippen LogP contribution >= 0.6 is 0 Å². The van der Waals surface area contributed by atoms with E-state index in [9.17, 15) is 9.90 Å². The molecule has 1 saturated carbocycles. The van der Waals surface area contributed by atoms with E-state index in [4.69, 9.17) is 0 Å². The monoisotopic (exact) mass is 304 g/mol. The first-order chi connectivity index (χ1) is 10.5. The Morgan fingerprint density at radius 1 is 1.27 bits per heavy atom. The zero-order chi connectivity index (χ0) is 15.7. The predicted octanol–water partition coefficient (Wildman–Crippen LogP) is 2.65. The standard InChI is InChI=1S/C18H28N2O2/c1-14-6-7-15(2)20(14)11-8-17(21)19-12-10-18(22)9-4-3-5-16(18)13-19/h6-7,16,22H,3-5,8-13H2,1-2H3/t16-,18-/m1/s1. The summed E-state index contributed by atoms with van der Waals surface area (Å²) in [5, 5.41) is 10.7. The second-order valence-corrected chi connectivity index (χ2v) is 7.15. The lowest BCUT2D eigenvalue weighted by molar-refractivity contribution is -0.143. The molecule has 4 nitrogen and oxygen atoms in total. The van der Waals surface area contributed by atoms with E-state index in [0.29, 0.717) is 6.42 Å². The van der Waals surface area contributed by atoms with Crippen LogP contribution in [0.5, 0.6) is 0 Å². The molecular weight excluding hydrogens is 276 g/mol. The fourth-order valence-electron chi connectivity index (χ4n) is 4.21. The molecule has 0 bridgehead atoms. The third-order valence-electron chi connectivity index (χ3n) is 5.75. The number of aryl methyl sites for hydroxylation is 2. The number of nitrogens with zero attached hydrogens (tertiary/aromatic N) is 2. The van der Waals surface area contributed by atoms with Crippen LogP contribution in [0, 0.1) is 19.8 Å². The van der Waals surface area contributed by atoms with Gasteiger partial charge in [-0.25, -0.2) is 0 Å². The van der Waals surface area contributed by atoms with E-state index in [1.54, 1.807) is 0 Å². The van der Waals surface area contributed by atoms with Gasteiger partial charge in [-0.1, -0.05) is 12.8 Å². The summed E-state index contributed by atoms with van der Waals surface area (Å²) in [7, 11) is 0. The minimum absolute atomic E-state index is 0.236. The first-order valence-electron chi connectivity index (χ1n) is 8.62. The Kier molecular flexibility index (Phi) is 4.31. The van der Waals surface area contributed by atoms with Crippen LogP contribution in [-0.4, -0.2) is 39.2 Å². The van der Waals surface area contributed by atoms with E-state index < -0.39 is 5.60 Å². The van der Waals surface area contributed by atoms with Crippen molar-refractivity contribution < 1.29 is 9.90 Å². The third kappa shape index (κ3) is 2.94. The molecule has 2 fully saturated rings. The Morgan fingerprint density at radius 3 is 2.73 bits per heavy atom. The fraction of sp³-hybridized carbons (Fsp3) is 0.722. The maximum absolute atomic E-state index is 12.5. The molecule has 1 aromatic heterocycles. The predicted molar refractivity (Wildman–Crippen MR) is 86.6 cm³/mol. The smallest absolute Gasteiger partial charge is 0.224 e. The van der Waals surface area contributed by atoms with Gasteiger partial charge in [-0.05, 0) is 45.2 Å². The zero-order valence-electron chi connectivity index (χ0n) is 13.8. The molecule has 0 unspecified atom stereocenters. The van der Waals surface area contributed by atoms with Crippen molar-refractivity contribution in [3.05, 3.63) is 23.5 Å². The van der Waals surface area contributed by atoms with E-state index in [-0.39, 0.29) is 11.8 Å². The zero-order valence-corrected chi connectivity index (χ0v) is 13.8. The highest BCUT2D eigenvalue weighted by atomic mass is 16.3. The number of carbonyl (C=O) groups is 1. The molecule has 0 spiro atoms. The number of piperidine rings is 1. The Morgan fingerprint density at radius 2 is 2.00 bits per heavy atom. The van der Waals surface area contributed by atoms with Crippen LogP contribution < -0.4 is 0 Å². The van der Waals surface area contributed by atoms with Crippen molar-refractivity contribution in [2.45, 2.75) is 64.5 Å². The summed E-state index contributed by atoms with van der Waals surface area (Å²) in [6.45, 7) is 6.39. The summed E-state index contributed by atoms with van der Waals surface area (Å²) in [6, 6.07) is 4.20. The van der Waals surface area contributed by atoms with Crippen molar-refractivity contribution in [3.8, 4) is 0 Å². The van der Waals surface area contributed by atoms with E-state index in [1.165, 1.54) is 17.8 Å². The van der Waals surface area contributed by atoms with Gasteiger partial charge in [0.2, 0.25) is 5.91 Å². The lowest BCUT2D eigenvalue weighted by atomic mass is 9.71. The van der Waals surface area contributed by atoms with E-state index in [2.05, 4.69) is 30.5 Å². The van der Waals surface area contributed by atoms with E-state index >= 15 is 0 Å². The Labute approximate surface area is 133 Å². The molecule has 4 heteroatoms. The number of aromatic nitrogens is 1. The molecule has 3 rings (SSSR count). The summed E-state index contributed by atoms with van der Waals surface area (Å²) < 4.78 is 2.21. The molecule has 1 saturated heterocycles. The molecule has 2 heterocycles. The second-order valence-electron chi connectivity index (χ2n) is 7.15. The number of carbonyl (C=O) groups excluding carboxylic acids is 1. The molecule has 1 amide bonds. The number of fused-ring (bicyclic) bond motifs is 1. The highest BCUT2D eigenvalue weighted by Crippen LogP contribution is 2.39. The summed E-state index contributed by atoms with van der Waals surface area (Å²) in [4.78, 5) is 14.5. The summed E-state index contributed by atoms with van der Waals surface area (Å²) in [5.74, 6) is 0.522. The lowest BCUT2D eigenvalue weighted by Gasteiger charge is -2.47. The van der Waals surface area contributed by atoms with Gasteiger partial charge in [0.1, 0.15) is 0 Å². The van der Waals surface area contributed by atoms with Crippen LogP contribution in [0.1, 0.15) is 49.9 Å². The van der Waals surface area contributed by atoms with E-state index in [1.807, 2.05) is 4.90 Å². The van der Waals surface area contributed by atoms with Crippen molar-refractivity contribution in [3.63, 3.8) is 0 Å². The largest absolute Gasteiger partial charge is 0.389 e. The van der Waals surface area contributed by atoms with Gasteiger partial charge >= 0.3 is 0 Å². The van der Waals surface area contributed by atoms with Crippen molar-refractivity contribution in [2.75, 3.05) is 13.1 Å². The third-order valence-corrected chi connectivity index (χ3v) is 5.75. The number of hydrogen-bond acceptors (Lipinski definition) is 2. The highest BCUT2D eigenvalue weighted by molar-refractivity contribution is 5.76. The highest BCUT2D eigenvalue weighted by Gasteiger charge is 2.43. The Bertz CT molecular complexity index is 532. The van der Waals surface area contributed by atoms with Gasteiger partial charge in [0.25, 0.3) is 0 Å². The molecule has 1 aliphatic carbocycles. The van der Waals surface area contributed by atoms with Gasteiger partial charge in [-0.2, -0.15) is 0 Å². The number of rotatable bonds is 3. The minimum Gasteiger partial charge on any atom is -0.389 e. The molecule has 2 atom stereocenters. The van der Waals surface area contributed by atoms with Crippen LogP contribution in [0.2, 0.25) is 0 Å². The number of aliphatic hydroxyl groups is 1. The molecule has 1 N–H and O–H groups in total. The van der Waals surface area contributed by atoms with Crippen molar-refractivity contribution >= 4 is 5.91 Å². The fourth-order valence-corrected chi connectivity index (χ4v) is 4.21. The SMILES string of the molecule is Cc1ccc(C)n1CCC(=O)N1CC[C@]2(O)CCCC[C@@H]2C1. The summed E-state index contributed by atoms with van der Waals surface area (Å²) >= 11 is 0. The normalized spacial score (nSPS) is 28.5. The first kappa shape index (κ1) is 15.6.